The molecule has 7 nitrogen and oxygen atoms in total. The second-order valence-electron chi connectivity index (χ2n) is 3.04. The molecule has 0 saturated heterocycles. The van der Waals surface area contributed by atoms with Crippen LogP contribution in [-0.2, 0) is 13.1 Å². The molecule has 0 radical (unpaired) electrons. The van der Waals surface area contributed by atoms with Gasteiger partial charge in [-0.05, 0) is 6.54 Å². The number of rotatable bonds is 5. The molecule has 0 saturated carbocycles. The van der Waals surface area contributed by atoms with Crippen LogP contribution in [-0.4, -0.2) is 31.7 Å². The zero-order valence-corrected chi connectivity index (χ0v) is 8.42. The van der Waals surface area contributed by atoms with Gasteiger partial charge in [-0.2, -0.15) is 4.98 Å². The van der Waals surface area contributed by atoms with Gasteiger partial charge < -0.3 is 9.84 Å². The van der Waals surface area contributed by atoms with E-state index in [0.717, 1.165) is 18.8 Å². The molecule has 2 aromatic rings. The lowest BCUT2D eigenvalue weighted by molar-refractivity contribution is 0.406. The molecule has 80 valence electrons. The summed E-state index contributed by atoms with van der Waals surface area (Å²) in [4.78, 5) is 3.90. The fourth-order valence-corrected chi connectivity index (χ4v) is 1.16. The van der Waals surface area contributed by atoms with E-state index in [1.54, 1.807) is 4.68 Å². The molecule has 0 bridgehead atoms. The first-order valence-corrected chi connectivity index (χ1v) is 4.73. The lowest BCUT2D eigenvalue weighted by atomic mass is 10.4. The van der Waals surface area contributed by atoms with Crippen LogP contribution < -0.4 is 5.32 Å². The van der Waals surface area contributed by atoms with Crippen molar-refractivity contribution in [3.63, 3.8) is 0 Å². The molecule has 1 N–H and O–H groups in total. The maximum absolute atomic E-state index is 4.62. The van der Waals surface area contributed by atoms with E-state index in [1.807, 2.05) is 13.1 Å². The number of hydrogen-bond acceptors (Lipinski definition) is 6. The molecule has 0 aromatic carbocycles. The molecule has 0 atom stereocenters. The highest BCUT2D eigenvalue weighted by atomic mass is 16.5. The monoisotopic (exact) mass is 208 g/mol. The largest absolute Gasteiger partial charge is 0.343 e. The van der Waals surface area contributed by atoms with Crippen molar-refractivity contribution < 1.29 is 4.52 Å². The van der Waals surface area contributed by atoms with E-state index in [4.69, 9.17) is 0 Å². The van der Waals surface area contributed by atoms with Crippen molar-refractivity contribution in [3.8, 4) is 0 Å². The number of nitrogens with zero attached hydrogens (tertiary/aromatic N) is 5. The van der Waals surface area contributed by atoms with Gasteiger partial charge in [-0.25, -0.2) is 4.68 Å². The minimum atomic E-state index is 0.482. The summed E-state index contributed by atoms with van der Waals surface area (Å²) in [6, 6.07) is 0. The summed E-state index contributed by atoms with van der Waals surface area (Å²) in [5.41, 5.74) is 0.903. The highest BCUT2D eigenvalue weighted by Crippen LogP contribution is 1.96. The van der Waals surface area contributed by atoms with Crippen molar-refractivity contribution in [2.24, 2.45) is 0 Å². The van der Waals surface area contributed by atoms with E-state index in [0.29, 0.717) is 12.4 Å². The van der Waals surface area contributed by atoms with Gasteiger partial charge in [0.05, 0.1) is 11.9 Å². The molecule has 2 aromatic heterocycles. The van der Waals surface area contributed by atoms with Crippen LogP contribution in [0.15, 0.2) is 17.1 Å². The van der Waals surface area contributed by atoms with Crippen molar-refractivity contribution in [2.45, 2.75) is 20.0 Å². The molecule has 15 heavy (non-hydrogen) atoms. The lowest BCUT2D eigenvalue weighted by Crippen LogP contribution is -2.11. The van der Waals surface area contributed by atoms with Gasteiger partial charge in [0, 0.05) is 6.54 Å². The Kier molecular flexibility index (Phi) is 3.03. The first kappa shape index (κ1) is 9.78. The molecule has 2 heterocycles. The van der Waals surface area contributed by atoms with Crippen molar-refractivity contribution in [1.29, 1.82) is 0 Å². The van der Waals surface area contributed by atoms with E-state index in [9.17, 15) is 0 Å². The minimum absolute atomic E-state index is 0.482. The third-order valence-corrected chi connectivity index (χ3v) is 1.85. The smallest absolute Gasteiger partial charge is 0.213 e. The Labute approximate surface area is 86.5 Å². The third-order valence-electron chi connectivity index (χ3n) is 1.85. The van der Waals surface area contributed by atoms with Gasteiger partial charge >= 0.3 is 0 Å². The predicted molar refractivity (Wildman–Crippen MR) is 50.8 cm³/mol. The Hall–Kier alpha value is -1.76. The third kappa shape index (κ3) is 2.59. The summed E-state index contributed by atoms with van der Waals surface area (Å²) in [5.74, 6) is 0.593. The van der Waals surface area contributed by atoms with Crippen molar-refractivity contribution in [3.05, 3.63) is 24.1 Å². The van der Waals surface area contributed by atoms with Gasteiger partial charge in [0.25, 0.3) is 0 Å². The molecule has 0 aliphatic carbocycles. The zero-order chi connectivity index (χ0) is 10.5. The maximum Gasteiger partial charge on any atom is 0.213 e. The van der Waals surface area contributed by atoms with Crippen LogP contribution in [0.4, 0.5) is 0 Å². The van der Waals surface area contributed by atoms with Gasteiger partial charge in [-0.15, -0.1) is 5.10 Å². The standard InChI is InChI=1S/C8H12N6O/c1-2-9-3-7-4-14(13-11-7)5-8-10-6-15-12-8/h4,6,9H,2-3,5H2,1H3. The summed E-state index contributed by atoms with van der Waals surface area (Å²) in [6.45, 7) is 4.17. The molecule has 2 rings (SSSR count). The number of hydrogen-bond donors (Lipinski definition) is 1. The topological polar surface area (TPSA) is 81.7 Å². The molecular formula is C8H12N6O. The van der Waals surface area contributed by atoms with Crippen molar-refractivity contribution >= 4 is 0 Å². The van der Waals surface area contributed by atoms with E-state index < -0.39 is 0 Å². The quantitative estimate of drug-likeness (QED) is 0.734. The Morgan fingerprint density at radius 1 is 1.53 bits per heavy atom. The summed E-state index contributed by atoms with van der Waals surface area (Å²) >= 11 is 0. The Morgan fingerprint density at radius 3 is 3.20 bits per heavy atom. The van der Waals surface area contributed by atoms with Crippen LogP contribution in [0.2, 0.25) is 0 Å². The summed E-state index contributed by atoms with van der Waals surface area (Å²) in [6.07, 6.45) is 3.16. The van der Waals surface area contributed by atoms with E-state index in [1.165, 1.54) is 6.39 Å². The van der Waals surface area contributed by atoms with E-state index in [-0.39, 0.29) is 0 Å². The summed E-state index contributed by atoms with van der Waals surface area (Å²) in [5, 5.41) is 14.8. The fraction of sp³-hybridized carbons (Fsp3) is 0.500. The van der Waals surface area contributed by atoms with Crippen LogP contribution in [0.3, 0.4) is 0 Å². The molecule has 0 amide bonds. The van der Waals surface area contributed by atoms with Crippen LogP contribution in [0, 0.1) is 0 Å². The second kappa shape index (κ2) is 4.65. The lowest BCUT2D eigenvalue weighted by Gasteiger charge is -1.94. The minimum Gasteiger partial charge on any atom is -0.343 e. The Morgan fingerprint density at radius 2 is 2.47 bits per heavy atom. The van der Waals surface area contributed by atoms with Gasteiger partial charge in [0.1, 0.15) is 6.54 Å². The van der Waals surface area contributed by atoms with Gasteiger partial charge in [0.15, 0.2) is 5.82 Å². The van der Waals surface area contributed by atoms with Crippen LogP contribution in [0.1, 0.15) is 18.4 Å². The molecule has 7 heteroatoms. The van der Waals surface area contributed by atoms with E-state index >= 15 is 0 Å². The zero-order valence-electron chi connectivity index (χ0n) is 8.42. The molecule has 0 fully saturated rings. The molecule has 0 spiro atoms. The molecular weight excluding hydrogens is 196 g/mol. The molecule has 0 unspecified atom stereocenters. The predicted octanol–water partition coefficient (Wildman–Crippen LogP) is -0.181. The fourth-order valence-electron chi connectivity index (χ4n) is 1.16. The Bertz CT molecular complexity index is 395. The van der Waals surface area contributed by atoms with Crippen LogP contribution in [0.25, 0.3) is 0 Å². The number of aromatic nitrogens is 5. The Balaban J connectivity index is 1.95. The first-order chi connectivity index (χ1) is 7.38. The van der Waals surface area contributed by atoms with Crippen LogP contribution in [0.5, 0.6) is 0 Å². The van der Waals surface area contributed by atoms with Crippen LogP contribution >= 0.6 is 0 Å². The van der Waals surface area contributed by atoms with Crippen molar-refractivity contribution in [1.82, 2.24) is 30.5 Å². The van der Waals surface area contributed by atoms with Crippen molar-refractivity contribution in [2.75, 3.05) is 6.54 Å². The molecule has 0 aliphatic heterocycles. The normalized spacial score (nSPS) is 10.7. The highest BCUT2D eigenvalue weighted by Gasteiger charge is 2.03. The number of nitrogens with one attached hydrogen (secondary N) is 1. The van der Waals surface area contributed by atoms with Gasteiger partial charge in [0.2, 0.25) is 6.39 Å². The highest BCUT2D eigenvalue weighted by molar-refractivity contribution is 4.93. The average molecular weight is 208 g/mol. The summed E-state index contributed by atoms with van der Waals surface area (Å²) in [7, 11) is 0. The van der Waals surface area contributed by atoms with E-state index in [2.05, 4.69) is 30.3 Å². The van der Waals surface area contributed by atoms with Gasteiger partial charge in [-0.3, -0.25) is 0 Å². The maximum atomic E-state index is 4.62. The molecule has 0 aliphatic rings. The SMILES string of the molecule is CCNCc1cn(Cc2ncon2)nn1. The summed E-state index contributed by atoms with van der Waals surface area (Å²) < 4.78 is 6.30. The van der Waals surface area contributed by atoms with Gasteiger partial charge in [-0.1, -0.05) is 17.3 Å². The first-order valence-electron chi connectivity index (χ1n) is 4.73. The second-order valence-corrected chi connectivity index (χ2v) is 3.04. The average Bonchev–Trinajstić information content (AvgIpc) is 2.87.